The first-order valence-corrected chi connectivity index (χ1v) is 8.81. The lowest BCUT2D eigenvalue weighted by Gasteiger charge is -2.27. The molecule has 6 heteroatoms. The molecule has 1 N–H and O–H groups in total. The summed E-state index contributed by atoms with van der Waals surface area (Å²) in [5.74, 6) is 2.35. The van der Waals surface area contributed by atoms with Crippen LogP contribution in [0.15, 0.2) is 0 Å². The van der Waals surface area contributed by atoms with Crippen molar-refractivity contribution in [2.24, 2.45) is 0 Å². The quantitative estimate of drug-likeness (QED) is 0.593. The number of hydrogen-bond donors (Lipinski definition) is 1. The average Bonchev–Trinajstić information content (AvgIpc) is 2.39. The number of carbonyl (C=O) groups excluding carboxylic acids is 1. The normalized spacial score (nSPS) is 11.5. The highest BCUT2D eigenvalue weighted by Gasteiger charge is 2.21. The van der Waals surface area contributed by atoms with E-state index in [9.17, 15) is 4.79 Å². The molecule has 0 unspecified atom stereocenters. The van der Waals surface area contributed by atoms with Gasteiger partial charge in [0.15, 0.2) is 0 Å². The molecular formula is C15H32N2O3S. The maximum Gasteiger partial charge on any atom is 0.410 e. The van der Waals surface area contributed by atoms with E-state index in [1.165, 1.54) is 11.5 Å². The van der Waals surface area contributed by atoms with Crippen molar-refractivity contribution in [2.45, 2.75) is 39.7 Å². The minimum Gasteiger partial charge on any atom is -0.444 e. The van der Waals surface area contributed by atoms with Crippen molar-refractivity contribution in [3.05, 3.63) is 0 Å². The van der Waals surface area contributed by atoms with E-state index in [1.807, 2.05) is 32.5 Å². The van der Waals surface area contributed by atoms with Crippen molar-refractivity contribution < 1.29 is 14.3 Å². The molecule has 0 aromatic heterocycles. The maximum atomic E-state index is 12.1. The van der Waals surface area contributed by atoms with Crippen molar-refractivity contribution >= 4 is 17.9 Å². The van der Waals surface area contributed by atoms with E-state index in [-0.39, 0.29) is 6.09 Å². The number of methoxy groups -OCH3 is 1. The van der Waals surface area contributed by atoms with Crippen molar-refractivity contribution in [1.29, 1.82) is 0 Å². The van der Waals surface area contributed by atoms with Crippen LogP contribution in [0.4, 0.5) is 4.79 Å². The third-order valence-corrected chi connectivity index (χ3v) is 3.61. The van der Waals surface area contributed by atoms with Gasteiger partial charge in [0, 0.05) is 26.7 Å². The van der Waals surface area contributed by atoms with E-state index in [2.05, 4.69) is 12.2 Å². The Morgan fingerprint density at radius 2 is 1.95 bits per heavy atom. The zero-order chi connectivity index (χ0) is 16.1. The molecule has 0 rings (SSSR count). The van der Waals surface area contributed by atoms with Crippen molar-refractivity contribution in [3.8, 4) is 0 Å². The van der Waals surface area contributed by atoms with Gasteiger partial charge in [-0.05, 0) is 45.2 Å². The Labute approximate surface area is 134 Å². The van der Waals surface area contributed by atoms with E-state index < -0.39 is 5.60 Å². The second kappa shape index (κ2) is 12.1. The van der Waals surface area contributed by atoms with Crippen LogP contribution in [0, 0.1) is 0 Å². The standard InChI is InChI=1S/C15H32N2O3S/c1-6-21-13-7-8-16-9-10-17(11-12-19-5)14(18)20-15(2,3)4/h16H,6-13H2,1-5H3. The van der Waals surface area contributed by atoms with Crippen LogP contribution in [-0.2, 0) is 9.47 Å². The zero-order valence-corrected chi connectivity index (χ0v) is 15.1. The molecule has 0 heterocycles. The summed E-state index contributed by atoms with van der Waals surface area (Å²) in [5.41, 5.74) is -0.465. The fourth-order valence-corrected chi connectivity index (χ4v) is 2.24. The fourth-order valence-electron chi connectivity index (χ4n) is 1.60. The number of ether oxygens (including phenoxy) is 2. The van der Waals surface area contributed by atoms with Crippen LogP contribution in [0.25, 0.3) is 0 Å². The zero-order valence-electron chi connectivity index (χ0n) is 14.2. The van der Waals surface area contributed by atoms with E-state index >= 15 is 0 Å². The molecule has 126 valence electrons. The maximum absolute atomic E-state index is 12.1. The van der Waals surface area contributed by atoms with Crippen LogP contribution in [-0.4, -0.2) is 68.0 Å². The smallest absolute Gasteiger partial charge is 0.410 e. The second-order valence-corrected chi connectivity index (χ2v) is 7.15. The Hall–Kier alpha value is -0.460. The van der Waals surface area contributed by atoms with Gasteiger partial charge >= 0.3 is 6.09 Å². The third-order valence-electron chi connectivity index (χ3n) is 2.62. The highest BCUT2D eigenvalue weighted by atomic mass is 32.2. The molecule has 0 aromatic rings. The van der Waals surface area contributed by atoms with Crippen LogP contribution in [0.5, 0.6) is 0 Å². The third kappa shape index (κ3) is 13.0. The largest absolute Gasteiger partial charge is 0.444 e. The number of nitrogens with one attached hydrogen (secondary N) is 1. The summed E-state index contributed by atoms with van der Waals surface area (Å²) in [6.07, 6.45) is 0.881. The Bertz CT molecular complexity index is 270. The molecule has 0 saturated carbocycles. The predicted molar refractivity (Wildman–Crippen MR) is 90.2 cm³/mol. The summed E-state index contributed by atoms with van der Waals surface area (Å²) in [6.45, 7) is 11.3. The van der Waals surface area contributed by atoms with Crippen molar-refractivity contribution in [1.82, 2.24) is 10.2 Å². The van der Waals surface area contributed by atoms with Gasteiger partial charge in [0.2, 0.25) is 0 Å². The highest BCUT2D eigenvalue weighted by molar-refractivity contribution is 7.99. The van der Waals surface area contributed by atoms with Crippen LogP contribution in [0.2, 0.25) is 0 Å². The summed E-state index contributed by atoms with van der Waals surface area (Å²) in [4.78, 5) is 13.8. The van der Waals surface area contributed by atoms with Crippen LogP contribution < -0.4 is 5.32 Å². The average molecular weight is 320 g/mol. The lowest BCUT2D eigenvalue weighted by molar-refractivity contribution is 0.0204. The van der Waals surface area contributed by atoms with Gasteiger partial charge in [0.1, 0.15) is 5.60 Å². The molecule has 0 aliphatic carbocycles. The molecule has 0 aliphatic rings. The first-order chi connectivity index (χ1) is 9.90. The second-order valence-electron chi connectivity index (χ2n) is 5.76. The molecule has 0 aliphatic heterocycles. The first-order valence-electron chi connectivity index (χ1n) is 7.66. The van der Waals surface area contributed by atoms with Gasteiger partial charge in [-0.25, -0.2) is 4.79 Å². The Balaban J connectivity index is 3.98. The SMILES string of the molecule is CCSCCCNCCN(CCOC)C(=O)OC(C)(C)C. The molecule has 0 saturated heterocycles. The van der Waals surface area contributed by atoms with E-state index in [1.54, 1.807) is 12.0 Å². The summed E-state index contributed by atoms with van der Waals surface area (Å²) in [6, 6.07) is 0. The molecule has 5 nitrogen and oxygen atoms in total. The molecular weight excluding hydrogens is 288 g/mol. The fraction of sp³-hybridized carbons (Fsp3) is 0.933. The minimum absolute atomic E-state index is 0.275. The molecule has 0 aromatic carbocycles. The number of rotatable bonds is 11. The monoisotopic (exact) mass is 320 g/mol. The van der Waals surface area contributed by atoms with Crippen molar-refractivity contribution in [3.63, 3.8) is 0 Å². The topological polar surface area (TPSA) is 50.8 Å². The van der Waals surface area contributed by atoms with Gasteiger partial charge in [-0.15, -0.1) is 0 Å². The van der Waals surface area contributed by atoms with Crippen LogP contribution in [0.1, 0.15) is 34.1 Å². The van der Waals surface area contributed by atoms with E-state index in [0.717, 1.165) is 19.5 Å². The number of thioether (sulfide) groups is 1. The van der Waals surface area contributed by atoms with E-state index in [4.69, 9.17) is 9.47 Å². The Morgan fingerprint density at radius 1 is 1.24 bits per heavy atom. The van der Waals surface area contributed by atoms with Crippen LogP contribution >= 0.6 is 11.8 Å². The van der Waals surface area contributed by atoms with Gasteiger partial charge in [0.05, 0.1) is 6.61 Å². The molecule has 0 atom stereocenters. The summed E-state index contributed by atoms with van der Waals surface area (Å²) >= 11 is 1.95. The first kappa shape index (κ1) is 20.5. The lowest BCUT2D eigenvalue weighted by Crippen LogP contribution is -2.42. The molecule has 0 fully saturated rings. The molecule has 21 heavy (non-hydrogen) atoms. The van der Waals surface area contributed by atoms with E-state index in [0.29, 0.717) is 19.7 Å². The Kier molecular flexibility index (Phi) is 11.9. The van der Waals surface area contributed by atoms with Gasteiger partial charge in [-0.1, -0.05) is 6.92 Å². The van der Waals surface area contributed by atoms with Gasteiger partial charge in [-0.2, -0.15) is 11.8 Å². The number of carbonyl (C=O) groups is 1. The lowest BCUT2D eigenvalue weighted by atomic mass is 10.2. The summed E-state index contributed by atoms with van der Waals surface area (Å²) in [7, 11) is 1.64. The Morgan fingerprint density at radius 3 is 2.52 bits per heavy atom. The van der Waals surface area contributed by atoms with Gasteiger partial charge in [0.25, 0.3) is 0 Å². The highest BCUT2D eigenvalue weighted by Crippen LogP contribution is 2.09. The molecule has 0 spiro atoms. The predicted octanol–water partition coefficient (Wildman–Crippen LogP) is 2.60. The number of amides is 1. The number of nitrogens with zero attached hydrogens (tertiary/aromatic N) is 1. The summed E-state index contributed by atoms with van der Waals surface area (Å²) < 4.78 is 10.5. The van der Waals surface area contributed by atoms with Crippen molar-refractivity contribution in [2.75, 3.05) is 51.4 Å². The van der Waals surface area contributed by atoms with Crippen LogP contribution in [0.3, 0.4) is 0 Å². The van der Waals surface area contributed by atoms with Gasteiger partial charge in [-0.3, -0.25) is 0 Å². The minimum atomic E-state index is -0.465. The van der Waals surface area contributed by atoms with Gasteiger partial charge < -0.3 is 19.7 Å². The number of hydrogen-bond acceptors (Lipinski definition) is 5. The molecule has 1 amide bonds. The molecule has 0 bridgehead atoms. The summed E-state index contributed by atoms with van der Waals surface area (Å²) in [5, 5.41) is 3.37. The molecule has 0 radical (unpaired) electrons.